The average Bonchev–Trinajstić information content (AvgIpc) is 3.48. The van der Waals surface area contributed by atoms with E-state index in [0.29, 0.717) is 33.8 Å². The summed E-state index contributed by atoms with van der Waals surface area (Å²) >= 11 is 12.8. The van der Waals surface area contributed by atoms with Crippen LogP contribution in [-0.2, 0) is 16.1 Å². The molecule has 2 aromatic rings. The molecule has 0 radical (unpaired) electrons. The Labute approximate surface area is 184 Å². The zero-order valence-corrected chi connectivity index (χ0v) is 18.1. The molecule has 2 bridgehead atoms. The number of ether oxygens (including phenoxy) is 1. The van der Waals surface area contributed by atoms with Crippen LogP contribution >= 0.6 is 23.2 Å². The number of aliphatic carboxylic acids is 1. The third-order valence-electron chi connectivity index (χ3n) is 7.24. The van der Waals surface area contributed by atoms with Gasteiger partial charge in [0.25, 0.3) is 0 Å². The minimum Gasteiger partial charge on any atom is -0.481 e. The van der Waals surface area contributed by atoms with E-state index in [2.05, 4.69) is 10.1 Å². The molecule has 6 rings (SSSR count). The van der Waals surface area contributed by atoms with Crippen LogP contribution in [0.25, 0.3) is 11.3 Å². The van der Waals surface area contributed by atoms with Crippen molar-refractivity contribution in [3.8, 4) is 11.3 Å². The largest absolute Gasteiger partial charge is 0.481 e. The molecule has 4 aliphatic carbocycles. The second kappa shape index (κ2) is 7.50. The Morgan fingerprint density at radius 2 is 1.77 bits per heavy atom. The molecular formula is C22H24Cl2N2O4. The predicted molar refractivity (Wildman–Crippen MR) is 112 cm³/mol. The van der Waals surface area contributed by atoms with Crippen LogP contribution < -0.4 is 0 Å². The topological polar surface area (TPSA) is 85.5 Å². The highest BCUT2D eigenvalue weighted by molar-refractivity contribution is 6.38. The van der Waals surface area contributed by atoms with Crippen LogP contribution in [0.1, 0.15) is 75.0 Å². The second-order valence-corrected chi connectivity index (χ2v) is 9.98. The van der Waals surface area contributed by atoms with Crippen LogP contribution in [0.5, 0.6) is 0 Å². The molecule has 6 nitrogen and oxygen atoms in total. The van der Waals surface area contributed by atoms with Gasteiger partial charge < -0.3 is 14.4 Å². The summed E-state index contributed by atoms with van der Waals surface area (Å²) < 4.78 is 12.3. The van der Waals surface area contributed by atoms with Crippen LogP contribution in [0.3, 0.4) is 0 Å². The monoisotopic (exact) mass is 450 g/mol. The van der Waals surface area contributed by atoms with Crippen molar-refractivity contribution in [2.75, 3.05) is 0 Å². The number of rotatable bonds is 7. The van der Waals surface area contributed by atoms with E-state index in [-0.39, 0.29) is 17.4 Å². The molecule has 4 saturated carbocycles. The van der Waals surface area contributed by atoms with E-state index in [1.165, 1.54) is 0 Å². The van der Waals surface area contributed by atoms with E-state index in [4.69, 9.17) is 32.5 Å². The number of hydrogen-bond donors (Lipinski definition) is 1. The van der Waals surface area contributed by atoms with E-state index in [1.54, 1.807) is 12.4 Å². The van der Waals surface area contributed by atoms with Gasteiger partial charge in [-0.1, -0.05) is 28.4 Å². The van der Waals surface area contributed by atoms with Gasteiger partial charge in [-0.2, -0.15) is 0 Å². The third kappa shape index (κ3) is 3.63. The molecule has 4 fully saturated rings. The van der Waals surface area contributed by atoms with Crippen molar-refractivity contribution in [2.45, 2.75) is 75.9 Å². The van der Waals surface area contributed by atoms with Gasteiger partial charge >= 0.3 is 5.97 Å². The molecule has 4 aliphatic rings. The number of pyridine rings is 1. The molecule has 160 valence electrons. The van der Waals surface area contributed by atoms with Gasteiger partial charge in [0.1, 0.15) is 11.5 Å². The van der Waals surface area contributed by atoms with Crippen LogP contribution in [-0.4, -0.2) is 26.8 Å². The van der Waals surface area contributed by atoms with E-state index in [9.17, 15) is 9.90 Å². The Morgan fingerprint density at radius 1 is 1.13 bits per heavy atom. The average molecular weight is 451 g/mol. The number of fused-ring (bicyclic) bond motifs is 3. The van der Waals surface area contributed by atoms with Crippen molar-refractivity contribution in [1.29, 1.82) is 0 Å². The maximum Gasteiger partial charge on any atom is 0.303 e. The summed E-state index contributed by atoms with van der Waals surface area (Å²) in [7, 11) is 0. The number of hydrogen-bond acceptors (Lipinski definition) is 5. The van der Waals surface area contributed by atoms with Crippen molar-refractivity contribution in [3.63, 3.8) is 0 Å². The van der Waals surface area contributed by atoms with Gasteiger partial charge in [0.2, 0.25) is 0 Å². The van der Waals surface area contributed by atoms with E-state index in [1.807, 2.05) is 0 Å². The molecule has 0 atom stereocenters. The van der Waals surface area contributed by atoms with Gasteiger partial charge in [0.15, 0.2) is 0 Å². The van der Waals surface area contributed by atoms with Crippen LogP contribution in [0.4, 0.5) is 0 Å². The second-order valence-electron chi connectivity index (χ2n) is 9.17. The Bertz CT molecular complexity index is 941. The number of carboxylic acids is 1. The fraction of sp³-hybridized carbons (Fsp3) is 0.591. The maximum atomic E-state index is 11.3. The summed E-state index contributed by atoms with van der Waals surface area (Å²) in [4.78, 5) is 15.3. The highest BCUT2D eigenvalue weighted by Gasteiger charge is 2.50. The summed E-state index contributed by atoms with van der Waals surface area (Å²) in [5.74, 6) is 0.555. The molecule has 2 heterocycles. The van der Waals surface area contributed by atoms with E-state index < -0.39 is 5.97 Å². The zero-order valence-electron chi connectivity index (χ0n) is 16.6. The standard InChI is InChI=1S/C22H24Cl2N2O4/c23-15-10-25-11-16(24)18(15)19-14(20(30-26-19)13-1-2-13)12-29-22-6-3-21(4-7-22,5-8-22)9-17(27)28/h10-11,13H,1-9,12H2,(H,27,28). The molecule has 0 aliphatic heterocycles. The summed E-state index contributed by atoms with van der Waals surface area (Å²) in [6.45, 7) is 0.394. The number of carboxylic acid groups (broad SMARTS) is 1. The lowest BCUT2D eigenvalue weighted by Gasteiger charge is -2.52. The number of aromatic nitrogens is 2. The molecule has 0 unspecified atom stereocenters. The highest BCUT2D eigenvalue weighted by Crippen LogP contribution is 2.56. The van der Waals surface area contributed by atoms with E-state index in [0.717, 1.165) is 62.7 Å². The number of carbonyl (C=O) groups is 1. The normalized spacial score (nSPS) is 28.1. The van der Waals surface area contributed by atoms with Gasteiger partial charge in [-0.15, -0.1) is 0 Å². The molecule has 2 aromatic heterocycles. The zero-order chi connectivity index (χ0) is 20.9. The molecule has 0 saturated heterocycles. The molecule has 0 amide bonds. The van der Waals surface area contributed by atoms with Gasteiger partial charge in [-0.25, -0.2) is 0 Å². The molecule has 0 spiro atoms. The van der Waals surface area contributed by atoms with Gasteiger partial charge in [0.05, 0.1) is 28.7 Å². The van der Waals surface area contributed by atoms with Crippen molar-refractivity contribution in [2.24, 2.45) is 5.41 Å². The Morgan fingerprint density at radius 3 is 2.33 bits per heavy atom. The summed E-state index contributed by atoms with van der Waals surface area (Å²) in [6, 6.07) is 0. The Balaban J connectivity index is 1.39. The van der Waals surface area contributed by atoms with Crippen LogP contribution in [0.2, 0.25) is 10.0 Å². The molecule has 1 N–H and O–H groups in total. The van der Waals surface area contributed by atoms with Gasteiger partial charge in [-0.3, -0.25) is 9.78 Å². The lowest BCUT2D eigenvalue weighted by atomic mass is 9.57. The third-order valence-corrected chi connectivity index (χ3v) is 7.81. The first-order valence-electron chi connectivity index (χ1n) is 10.5. The maximum absolute atomic E-state index is 11.3. The minimum atomic E-state index is -0.695. The molecular weight excluding hydrogens is 427 g/mol. The summed E-state index contributed by atoms with van der Waals surface area (Å²) in [6.07, 6.45) is 11.0. The lowest BCUT2D eigenvalue weighted by molar-refractivity contribution is -0.159. The van der Waals surface area contributed by atoms with Crippen molar-refractivity contribution < 1.29 is 19.2 Å². The first-order chi connectivity index (χ1) is 14.4. The highest BCUT2D eigenvalue weighted by atomic mass is 35.5. The predicted octanol–water partition coefficient (Wildman–Crippen LogP) is 6.01. The van der Waals surface area contributed by atoms with Crippen LogP contribution in [0, 0.1) is 5.41 Å². The first-order valence-corrected chi connectivity index (χ1v) is 11.3. The van der Waals surface area contributed by atoms with Crippen molar-refractivity contribution >= 4 is 29.2 Å². The number of nitrogens with zero attached hydrogens (tertiary/aromatic N) is 2. The fourth-order valence-corrected chi connectivity index (χ4v) is 5.76. The molecule has 8 heteroatoms. The SMILES string of the molecule is O=C(O)CC12CCC(OCc3c(-c4c(Cl)cncc4Cl)noc3C3CC3)(CC1)CC2. The van der Waals surface area contributed by atoms with Gasteiger partial charge in [0, 0.05) is 29.4 Å². The summed E-state index contributed by atoms with van der Waals surface area (Å²) in [5.41, 5.74) is 1.96. The smallest absolute Gasteiger partial charge is 0.303 e. The Hall–Kier alpha value is -1.63. The Kier molecular flexibility index (Phi) is 5.07. The van der Waals surface area contributed by atoms with Crippen molar-refractivity contribution in [3.05, 3.63) is 33.8 Å². The number of halogens is 2. The van der Waals surface area contributed by atoms with Gasteiger partial charge in [-0.05, 0) is 56.8 Å². The molecule has 0 aromatic carbocycles. The van der Waals surface area contributed by atoms with Crippen molar-refractivity contribution in [1.82, 2.24) is 10.1 Å². The first kappa shape index (κ1) is 20.3. The fourth-order valence-electron chi connectivity index (χ4n) is 5.22. The lowest BCUT2D eigenvalue weighted by Crippen LogP contribution is -2.48. The minimum absolute atomic E-state index is 0.0451. The van der Waals surface area contributed by atoms with Crippen LogP contribution in [0.15, 0.2) is 16.9 Å². The summed E-state index contributed by atoms with van der Waals surface area (Å²) in [5, 5.41) is 14.5. The quantitative estimate of drug-likeness (QED) is 0.555. The molecule has 30 heavy (non-hydrogen) atoms. The van der Waals surface area contributed by atoms with E-state index >= 15 is 0 Å².